The maximum atomic E-state index is 14.6. The number of hydrogen-bond acceptors (Lipinski definition) is 5. The Morgan fingerprint density at radius 2 is 1.91 bits per heavy atom. The number of carbonyl (C=O) groups is 1. The molecule has 4 rings (SSSR count). The molecule has 0 radical (unpaired) electrons. The SMILES string of the molecule is O=C(CBr)NC1CCC(Nc2ncc(F)c(-c3cccc(-n4ccccc4=O)c3)n2)CC1. The fraction of sp³-hybridized carbons (Fsp3) is 0.304. The maximum Gasteiger partial charge on any atom is 0.255 e. The van der Waals surface area contributed by atoms with E-state index in [9.17, 15) is 14.0 Å². The minimum Gasteiger partial charge on any atom is -0.353 e. The first-order chi connectivity index (χ1) is 15.5. The fourth-order valence-corrected chi connectivity index (χ4v) is 4.08. The van der Waals surface area contributed by atoms with Gasteiger partial charge >= 0.3 is 0 Å². The number of nitrogens with zero attached hydrogens (tertiary/aromatic N) is 3. The van der Waals surface area contributed by atoms with E-state index in [2.05, 4.69) is 36.5 Å². The fourth-order valence-electron chi connectivity index (χ4n) is 3.91. The molecule has 7 nitrogen and oxygen atoms in total. The van der Waals surface area contributed by atoms with Crippen LogP contribution in [-0.2, 0) is 4.79 Å². The molecular formula is C23H23BrFN5O2. The first kappa shape index (κ1) is 22.1. The Bertz CT molecular complexity index is 1160. The Kier molecular flexibility index (Phi) is 6.94. The number of hydrogen-bond donors (Lipinski definition) is 2. The molecule has 0 aliphatic heterocycles. The van der Waals surface area contributed by atoms with Crippen LogP contribution in [0, 0.1) is 5.82 Å². The van der Waals surface area contributed by atoms with Crippen LogP contribution in [-0.4, -0.2) is 37.9 Å². The van der Waals surface area contributed by atoms with Gasteiger partial charge in [0.25, 0.3) is 5.56 Å². The summed E-state index contributed by atoms with van der Waals surface area (Å²) < 4.78 is 16.1. The van der Waals surface area contributed by atoms with Gasteiger partial charge in [-0.25, -0.2) is 14.4 Å². The first-order valence-electron chi connectivity index (χ1n) is 10.5. The summed E-state index contributed by atoms with van der Waals surface area (Å²) in [6.45, 7) is 0. The third-order valence-electron chi connectivity index (χ3n) is 5.51. The lowest BCUT2D eigenvalue weighted by atomic mass is 9.91. The quantitative estimate of drug-likeness (QED) is 0.505. The van der Waals surface area contributed by atoms with Crippen molar-refractivity contribution in [3.05, 3.63) is 71.0 Å². The van der Waals surface area contributed by atoms with E-state index in [1.807, 2.05) is 0 Å². The Morgan fingerprint density at radius 1 is 1.12 bits per heavy atom. The summed E-state index contributed by atoms with van der Waals surface area (Å²) in [5, 5.41) is 6.59. The number of pyridine rings is 1. The van der Waals surface area contributed by atoms with Gasteiger partial charge in [0.2, 0.25) is 11.9 Å². The zero-order chi connectivity index (χ0) is 22.5. The van der Waals surface area contributed by atoms with E-state index < -0.39 is 5.82 Å². The normalized spacial score (nSPS) is 18.2. The number of amides is 1. The minimum atomic E-state index is -0.533. The van der Waals surface area contributed by atoms with Crippen molar-refractivity contribution in [3.63, 3.8) is 0 Å². The molecule has 0 spiro atoms. The zero-order valence-electron chi connectivity index (χ0n) is 17.3. The molecule has 2 aromatic heterocycles. The van der Waals surface area contributed by atoms with Gasteiger partial charge in [-0.2, -0.15) is 0 Å². The Balaban J connectivity index is 1.50. The molecule has 1 aliphatic carbocycles. The third-order valence-corrected chi connectivity index (χ3v) is 6.02. The summed E-state index contributed by atoms with van der Waals surface area (Å²) in [6, 6.07) is 12.3. The number of aromatic nitrogens is 3. The number of alkyl halides is 1. The summed E-state index contributed by atoms with van der Waals surface area (Å²) in [6.07, 6.45) is 6.26. The zero-order valence-corrected chi connectivity index (χ0v) is 18.9. The summed E-state index contributed by atoms with van der Waals surface area (Å²) in [5.41, 5.74) is 1.19. The second-order valence-corrected chi connectivity index (χ2v) is 8.30. The van der Waals surface area contributed by atoms with Gasteiger partial charge in [0.1, 0.15) is 5.69 Å². The molecule has 2 N–H and O–H groups in total. The van der Waals surface area contributed by atoms with Gasteiger partial charge < -0.3 is 10.6 Å². The molecular weight excluding hydrogens is 477 g/mol. The van der Waals surface area contributed by atoms with Crippen molar-refractivity contribution in [3.8, 4) is 16.9 Å². The first-order valence-corrected chi connectivity index (χ1v) is 11.6. The highest BCUT2D eigenvalue weighted by molar-refractivity contribution is 9.09. The van der Waals surface area contributed by atoms with Crippen LogP contribution in [0.3, 0.4) is 0 Å². The van der Waals surface area contributed by atoms with Crippen molar-refractivity contribution < 1.29 is 9.18 Å². The summed E-state index contributed by atoms with van der Waals surface area (Å²) in [7, 11) is 0. The van der Waals surface area contributed by atoms with Crippen molar-refractivity contribution in [2.45, 2.75) is 37.8 Å². The van der Waals surface area contributed by atoms with E-state index in [1.165, 1.54) is 10.6 Å². The minimum absolute atomic E-state index is 0.00656. The standard InChI is InChI=1S/C23H23BrFN5O2/c24-13-20(31)27-16-7-9-17(10-8-16)28-23-26-14-19(25)22(29-23)15-4-3-5-18(12-15)30-11-2-1-6-21(30)32/h1-6,11-12,14,16-17H,7-10,13H2,(H,27,31)(H,26,28,29). The number of anilines is 1. The van der Waals surface area contributed by atoms with E-state index in [1.54, 1.807) is 42.6 Å². The highest BCUT2D eigenvalue weighted by atomic mass is 79.9. The summed E-state index contributed by atoms with van der Waals surface area (Å²) >= 11 is 3.16. The average molecular weight is 500 g/mol. The molecule has 166 valence electrons. The molecule has 1 saturated carbocycles. The maximum absolute atomic E-state index is 14.6. The molecule has 32 heavy (non-hydrogen) atoms. The van der Waals surface area contributed by atoms with Crippen molar-refractivity contribution in [1.82, 2.24) is 19.9 Å². The lowest BCUT2D eigenvalue weighted by molar-refractivity contribution is -0.119. The lowest BCUT2D eigenvalue weighted by Gasteiger charge is -2.29. The molecule has 1 aromatic carbocycles. The van der Waals surface area contributed by atoms with Crippen LogP contribution >= 0.6 is 15.9 Å². The molecule has 2 heterocycles. The molecule has 3 aromatic rings. The molecule has 0 atom stereocenters. The highest BCUT2D eigenvalue weighted by Gasteiger charge is 2.23. The van der Waals surface area contributed by atoms with Crippen LogP contribution in [0.1, 0.15) is 25.7 Å². The van der Waals surface area contributed by atoms with Crippen molar-refractivity contribution >= 4 is 27.8 Å². The highest BCUT2D eigenvalue weighted by Crippen LogP contribution is 2.25. The van der Waals surface area contributed by atoms with Gasteiger partial charge in [-0.1, -0.05) is 34.1 Å². The number of nitrogens with one attached hydrogen (secondary N) is 2. The third kappa shape index (κ3) is 5.21. The number of rotatable bonds is 6. The van der Waals surface area contributed by atoms with E-state index >= 15 is 0 Å². The van der Waals surface area contributed by atoms with Crippen molar-refractivity contribution in [1.29, 1.82) is 0 Å². The molecule has 1 aliphatic rings. The summed E-state index contributed by atoms with van der Waals surface area (Å²) in [4.78, 5) is 32.2. The predicted octanol–water partition coefficient (Wildman–Crippen LogP) is 3.67. The van der Waals surface area contributed by atoms with E-state index in [4.69, 9.17) is 0 Å². The molecule has 0 saturated heterocycles. The van der Waals surface area contributed by atoms with E-state index in [0.717, 1.165) is 31.9 Å². The summed E-state index contributed by atoms with van der Waals surface area (Å²) in [5.74, 6) is -0.182. The predicted molar refractivity (Wildman–Crippen MR) is 125 cm³/mol. The largest absolute Gasteiger partial charge is 0.353 e. The van der Waals surface area contributed by atoms with E-state index in [-0.39, 0.29) is 29.2 Å². The Labute approximate surface area is 193 Å². The van der Waals surface area contributed by atoms with Crippen LogP contribution in [0.4, 0.5) is 10.3 Å². The molecule has 1 amide bonds. The molecule has 0 bridgehead atoms. The van der Waals surface area contributed by atoms with Gasteiger partial charge in [0, 0.05) is 35.6 Å². The molecule has 1 fully saturated rings. The lowest BCUT2D eigenvalue weighted by Crippen LogP contribution is -2.40. The van der Waals surface area contributed by atoms with Crippen molar-refractivity contribution in [2.24, 2.45) is 0 Å². The smallest absolute Gasteiger partial charge is 0.255 e. The average Bonchev–Trinajstić information content (AvgIpc) is 2.82. The Morgan fingerprint density at radius 3 is 2.66 bits per heavy atom. The van der Waals surface area contributed by atoms with Crippen LogP contribution in [0.25, 0.3) is 16.9 Å². The Hall–Kier alpha value is -3.07. The van der Waals surface area contributed by atoms with Crippen molar-refractivity contribution in [2.75, 3.05) is 10.6 Å². The number of benzene rings is 1. The second-order valence-electron chi connectivity index (χ2n) is 7.74. The number of carbonyl (C=O) groups excluding carboxylic acids is 1. The molecule has 0 unspecified atom stereocenters. The van der Waals surface area contributed by atoms with Gasteiger partial charge in [-0.3, -0.25) is 14.2 Å². The van der Waals surface area contributed by atoms with Crippen LogP contribution < -0.4 is 16.2 Å². The van der Waals surface area contributed by atoms with Crippen LogP contribution in [0.2, 0.25) is 0 Å². The number of halogens is 2. The van der Waals surface area contributed by atoms with Gasteiger partial charge in [0.15, 0.2) is 5.82 Å². The van der Waals surface area contributed by atoms with E-state index in [0.29, 0.717) is 22.5 Å². The van der Waals surface area contributed by atoms with Gasteiger partial charge in [-0.05, 0) is 43.9 Å². The van der Waals surface area contributed by atoms with Gasteiger partial charge in [-0.15, -0.1) is 0 Å². The van der Waals surface area contributed by atoms with Crippen LogP contribution in [0.15, 0.2) is 59.7 Å². The molecule has 9 heteroatoms. The van der Waals surface area contributed by atoms with Gasteiger partial charge in [0.05, 0.1) is 11.5 Å². The second kappa shape index (κ2) is 10.0. The van der Waals surface area contributed by atoms with Crippen LogP contribution in [0.5, 0.6) is 0 Å². The monoisotopic (exact) mass is 499 g/mol. The topological polar surface area (TPSA) is 88.9 Å².